The molecule has 0 rings (SSSR count). The molecule has 0 aromatic rings. The van der Waals surface area contributed by atoms with Crippen LogP contribution in [0.2, 0.25) is 0 Å². The molecule has 0 N–H and O–H groups in total. The first-order valence-corrected chi connectivity index (χ1v) is 4.40. The number of hydrogen-bond acceptors (Lipinski definition) is 2. The number of hydrogen-bond donors (Lipinski definition) is 0. The van der Waals surface area contributed by atoms with Crippen molar-refractivity contribution in [1.29, 1.82) is 0 Å². The van der Waals surface area contributed by atoms with Gasteiger partial charge < -0.3 is 9.53 Å². The Balaban J connectivity index is 3.41. The Kier molecular flexibility index (Phi) is 7.47. The van der Waals surface area contributed by atoms with Gasteiger partial charge in [0, 0.05) is 13.0 Å². The molecule has 0 amide bonds. The van der Waals surface area contributed by atoms with Crippen molar-refractivity contribution in [3.8, 4) is 0 Å². The van der Waals surface area contributed by atoms with E-state index in [1.807, 2.05) is 6.92 Å². The highest BCUT2D eigenvalue weighted by Gasteiger charge is 2.05. The minimum absolute atomic E-state index is 0.164. The van der Waals surface area contributed by atoms with E-state index < -0.39 is 0 Å². The average Bonchev–Trinajstić information content (AvgIpc) is 2.01. The number of ether oxygens (including phenoxy) is 1. The van der Waals surface area contributed by atoms with Crippen molar-refractivity contribution in [2.75, 3.05) is 6.61 Å². The second-order valence-corrected chi connectivity index (χ2v) is 2.62. The summed E-state index contributed by atoms with van der Waals surface area (Å²) in [5.74, 6) is 0. The van der Waals surface area contributed by atoms with Crippen molar-refractivity contribution in [2.24, 2.45) is 0 Å². The van der Waals surface area contributed by atoms with Gasteiger partial charge in [0.1, 0.15) is 6.29 Å². The molecular formula is C9H18O2. The smallest absolute Gasteiger partial charge is 0.122 e. The van der Waals surface area contributed by atoms with Crippen LogP contribution in [0.4, 0.5) is 0 Å². The van der Waals surface area contributed by atoms with Crippen LogP contribution in [0.15, 0.2) is 0 Å². The monoisotopic (exact) mass is 158 g/mol. The summed E-state index contributed by atoms with van der Waals surface area (Å²) in [7, 11) is 0. The number of aldehydes is 1. The van der Waals surface area contributed by atoms with Crippen molar-refractivity contribution in [3.05, 3.63) is 0 Å². The largest absolute Gasteiger partial charge is 0.378 e. The van der Waals surface area contributed by atoms with E-state index >= 15 is 0 Å². The lowest BCUT2D eigenvalue weighted by molar-refractivity contribution is -0.110. The summed E-state index contributed by atoms with van der Waals surface area (Å²) in [6, 6.07) is 0. The molecule has 66 valence electrons. The molecule has 1 atom stereocenters. The van der Waals surface area contributed by atoms with Crippen molar-refractivity contribution < 1.29 is 9.53 Å². The van der Waals surface area contributed by atoms with Crippen molar-refractivity contribution in [3.63, 3.8) is 0 Å². The number of unbranched alkanes of at least 4 members (excludes halogenated alkanes) is 1. The van der Waals surface area contributed by atoms with Crippen LogP contribution in [-0.2, 0) is 9.53 Å². The standard InChI is InChI=1S/C9H18O2/c1-3-5-6-9(7-8-10)11-4-2/h8-9H,3-7H2,1-2H3. The van der Waals surface area contributed by atoms with Crippen molar-refractivity contribution in [1.82, 2.24) is 0 Å². The molecule has 0 saturated carbocycles. The third kappa shape index (κ3) is 6.05. The SMILES string of the molecule is CCCCC(CC=O)OCC. The minimum atomic E-state index is 0.164. The fourth-order valence-corrected chi connectivity index (χ4v) is 1.04. The van der Waals surface area contributed by atoms with Crippen LogP contribution in [-0.4, -0.2) is 19.0 Å². The van der Waals surface area contributed by atoms with Gasteiger partial charge in [0.2, 0.25) is 0 Å². The predicted octanol–water partition coefficient (Wildman–Crippen LogP) is 2.17. The maximum atomic E-state index is 10.2. The van der Waals surface area contributed by atoms with Crippen LogP contribution in [0.25, 0.3) is 0 Å². The summed E-state index contributed by atoms with van der Waals surface area (Å²) in [6.45, 7) is 4.82. The molecule has 0 aliphatic rings. The molecule has 0 fully saturated rings. The van der Waals surface area contributed by atoms with E-state index in [0.717, 1.165) is 19.1 Å². The predicted molar refractivity (Wildman–Crippen MR) is 45.6 cm³/mol. The van der Waals surface area contributed by atoms with E-state index in [2.05, 4.69) is 6.92 Å². The third-order valence-electron chi connectivity index (χ3n) is 1.64. The van der Waals surface area contributed by atoms with Crippen molar-refractivity contribution in [2.45, 2.75) is 45.6 Å². The molecule has 0 aromatic heterocycles. The zero-order valence-electron chi connectivity index (χ0n) is 7.51. The lowest BCUT2D eigenvalue weighted by Gasteiger charge is -2.12. The fourth-order valence-electron chi connectivity index (χ4n) is 1.04. The van der Waals surface area contributed by atoms with Gasteiger partial charge in [0.05, 0.1) is 6.10 Å². The molecule has 0 aromatic carbocycles. The van der Waals surface area contributed by atoms with Crippen LogP contribution in [0.3, 0.4) is 0 Å². The van der Waals surface area contributed by atoms with Crippen molar-refractivity contribution >= 4 is 6.29 Å². The number of carbonyl (C=O) groups excluding carboxylic acids is 1. The Bertz CT molecular complexity index is 91.6. The molecule has 0 radical (unpaired) electrons. The van der Waals surface area contributed by atoms with Gasteiger partial charge in [0.25, 0.3) is 0 Å². The third-order valence-corrected chi connectivity index (χ3v) is 1.64. The highest BCUT2D eigenvalue weighted by atomic mass is 16.5. The van der Waals surface area contributed by atoms with E-state index in [1.54, 1.807) is 0 Å². The lowest BCUT2D eigenvalue weighted by Crippen LogP contribution is -2.13. The summed E-state index contributed by atoms with van der Waals surface area (Å²) >= 11 is 0. The lowest BCUT2D eigenvalue weighted by atomic mass is 10.1. The second-order valence-electron chi connectivity index (χ2n) is 2.62. The van der Waals surface area contributed by atoms with Gasteiger partial charge in [-0.05, 0) is 13.3 Å². The molecule has 0 heterocycles. The van der Waals surface area contributed by atoms with Crippen LogP contribution < -0.4 is 0 Å². The zero-order valence-corrected chi connectivity index (χ0v) is 7.51. The van der Waals surface area contributed by atoms with Gasteiger partial charge in [-0.15, -0.1) is 0 Å². The average molecular weight is 158 g/mol. The second kappa shape index (κ2) is 7.73. The molecule has 0 spiro atoms. The van der Waals surface area contributed by atoms with Gasteiger partial charge >= 0.3 is 0 Å². The molecule has 0 aliphatic carbocycles. The summed E-state index contributed by atoms with van der Waals surface area (Å²) < 4.78 is 5.35. The molecular weight excluding hydrogens is 140 g/mol. The molecule has 0 saturated heterocycles. The van der Waals surface area contributed by atoms with Gasteiger partial charge in [-0.3, -0.25) is 0 Å². The van der Waals surface area contributed by atoms with Crippen LogP contribution in [0.5, 0.6) is 0 Å². The van der Waals surface area contributed by atoms with E-state index in [9.17, 15) is 4.79 Å². The number of carbonyl (C=O) groups is 1. The molecule has 0 aliphatic heterocycles. The Morgan fingerprint density at radius 2 is 2.18 bits per heavy atom. The highest BCUT2D eigenvalue weighted by Crippen LogP contribution is 2.06. The summed E-state index contributed by atoms with van der Waals surface area (Å²) in [4.78, 5) is 10.2. The van der Waals surface area contributed by atoms with Gasteiger partial charge in [-0.1, -0.05) is 19.8 Å². The van der Waals surface area contributed by atoms with Gasteiger partial charge in [-0.2, -0.15) is 0 Å². The van der Waals surface area contributed by atoms with E-state index in [-0.39, 0.29) is 6.10 Å². The Labute approximate surface area is 68.9 Å². The Morgan fingerprint density at radius 3 is 2.64 bits per heavy atom. The Morgan fingerprint density at radius 1 is 1.45 bits per heavy atom. The Hall–Kier alpha value is -0.370. The fraction of sp³-hybridized carbons (Fsp3) is 0.889. The molecule has 2 nitrogen and oxygen atoms in total. The molecule has 11 heavy (non-hydrogen) atoms. The van der Waals surface area contributed by atoms with Crippen LogP contribution >= 0.6 is 0 Å². The van der Waals surface area contributed by atoms with E-state index in [1.165, 1.54) is 6.42 Å². The molecule has 0 bridgehead atoms. The summed E-state index contributed by atoms with van der Waals surface area (Å²) in [6.07, 6.45) is 4.99. The van der Waals surface area contributed by atoms with Crippen LogP contribution in [0.1, 0.15) is 39.5 Å². The normalized spacial score (nSPS) is 12.9. The number of rotatable bonds is 7. The first kappa shape index (κ1) is 10.6. The summed E-state index contributed by atoms with van der Waals surface area (Å²) in [5.41, 5.74) is 0. The quantitative estimate of drug-likeness (QED) is 0.531. The van der Waals surface area contributed by atoms with Gasteiger partial charge in [0.15, 0.2) is 0 Å². The minimum Gasteiger partial charge on any atom is -0.378 e. The van der Waals surface area contributed by atoms with E-state index in [4.69, 9.17) is 4.74 Å². The highest BCUT2D eigenvalue weighted by molar-refractivity contribution is 5.50. The topological polar surface area (TPSA) is 26.3 Å². The van der Waals surface area contributed by atoms with Crippen LogP contribution in [0, 0.1) is 0 Å². The van der Waals surface area contributed by atoms with E-state index in [0.29, 0.717) is 13.0 Å². The molecule has 1 unspecified atom stereocenters. The summed E-state index contributed by atoms with van der Waals surface area (Å²) in [5, 5.41) is 0. The maximum Gasteiger partial charge on any atom is 0.122 e. The maximum absolute atomic E-state index is 10.2. The zero-order chi connectivity index (χ0) is 8.53. The first-order chi connectivity index (χ1) is 5.35. The first-order valence-electron chi connectivity index (χ1n) is 4.40. The molecule has 2 heteroatoms. The van der Waals surface area contributed by atoms with Gasteiger partial charge in [-0.25, -0.2) is 0 Å².